The highest BCUT2D eigenvalue weighted by atomic mass is 35.5. The Bertz CT molecular complexity index is 419. The normalized spacial score (nSPS) is 22.3. The molecule has 1 aliphatic rings. The molecule has 0 spiro atoms. The third-order valence-corrected chi connectivity index (χ3v) is 3.29. The number of rotatable bonds is 5. The Labute approximate surface area is 112 Å². The van der Waals surface area contributed by atoms with Gasteiger partial charge in [-0.25, -0.2) is 4.98 Å². The molecule has 0 aromatic carbocycles. The lowest BCUT2D eigenvalue weighted by molar-refractivity contribution is -0.119. The maximum atomic E-state index is 11.8. The summed E-state index contributed by atoms with van der Waals surface area (Å²) in [4.78, 5) is 15.6. The highest BCUT2D eigenvalue weighted by Gasteiger charge is 2.30. The summed E-state index contributed by atoms with van der Waals surface area (Å²) < 4.78 is 5.47. The van der Waals surface area contributed by atoms with E-state index in [9.17, 15) is 4.79 Å². The van der Waals surface area contributed by atoms with Crippen molar-refractivity contribution >= 4 is 23.2 Å². The number of hydrogen-bond donors (Lipinski definition) is 1. The van der Waals surface area contributed by atoms with Gasteiger partial charge >= 0.3 is 0 Å². The van der Waals surface area contributed by atoms with Crippen molar-refractivity contribution in [3.8, 4) is 0 Å². The SMILES string of the molecule is CCOC1CC(CC(=O)Nc2ccnc(Cl)c2)C1. The molecule has 0 unspecified atom stereocenters. The van der Waals surface area contributed by atoms with E-state index in [0.717, 1.165) is 19.4 Å². The fourth-order valence-corrected chi connectivity index (χ4v) is 2.34. The second-order valence-electron chi connectivity index (χ2n) is 4.53. The standard InChI is InChI=1S/C13H17ClN2O2/c1-2-18-11-5-9(6-11)7-13(17)16-10-3-4-15-12(14)8-10/h3-4,8-9,11H,2,5-7H2,1H3,(H,15,16,17). The molecule has 1 aliphatic carbocycles. The Balaban J connectivity index is 1.73. The number of aromatic nitrogens is 1. The van der Waals surface area contributed by atoms with Gasteiger partial charge in [0.1, 0.15) is 5.15 Å². The number of nitrogens with one attached hydrogen (secondary N) is 1. The number of hydrogen-bond acceptors (Lipinski definition) is 3. The molecule has 1 N–H and O–H groups in total. The van der Waals surface area contributed by atoms with E-state index in [-0.39, 0.29) is 5.91 Å². The third-order valence-electron chi connectivity index (χ3n) is 3.08. The third kappa shape index (κ3) is 3.68. The molecule has 0 aliphatic heterocycles. The largest absolute Gasteiger partial charge is 0.378 e. The lowest BCUT2D eigenvalue weighted by Crippen LogP contribution is -2.33. The summed E-state index contributed by atoms with van der Waals surface area (Å²) in [5, 5.41) is 3.21. The van der Waals surface area contributed by atoms with Crippen LogP contribution in [0, 0.1) is 5.92 Å². The summed E-state index contributed by atoms with van der Waals surface area (Å²) in [7, 11) is 0. The van der Waals surface area contributed by atoms with Crippen molar-refractivity contribution in [3.05, 3.63) is 23.5 Å². The number of ether oxygens (including phenoxy) is 1. The molecule has 1 saturated carbocycles. The summed E-state index contributed by atoms with van der Waals surface area (Å²) in [5.74, 6) is 0.469. The van der Waals surface area contributed by atoms with Crippen molar-refractivity contribution < 1.29 is 9.53 Å². The van der Waals surface area contributed by atoms with Crippen molar-refractivity contribution in [3.63, 3.8) is 0 Å². The molecule has 4 nitrogen and oxygen atoms in total. The van der Waals surface area contributed by atoms with E-state index < -0.39 is 0 Å². The van der Waals surface area contributed by atoms with Crippen LogP contribution in [-0.4, -0.2) is 23.6 Å². The van der Waals surface area contributed by atoms with Gasteiger partial charge in [0, 0.05) is 24.9 Å². The van der Waals surface area contributed by atoms with Gasteiger partial charge in [0.25, 0.3) is 0 Å². The van der Waals surface area contributed by atoms with Gasteiger partial charge in [-0.3, -0.25) is 4.79 Å². The molecule has 0 atom stereocenters. The van der Waals surface area contributed by atoms with E-state index >= 15 is 0 Å². The van der Waals surface area contributed by atoms with Crippen molar-refractivity contribution in [1.29, 1.82) is 0 Å². The van der Waals surface area contributed by atoms with Gasteiger partial charge in [-0.05, 0) is 37.8 Å². The molecular formula is C13H17ClN2O2. The predicted octanol–water partition coefficient (Wildman–Crippen LogP) is 2.88. The minimum absolute atomic E-state index is 0.0252. The Morgan fingerprint density at radius 2 is 2.39 bits per heavy atom. The molecule has 1 heterocycles. The van der Waals surface area contributed by atoms with Crippen molar-refractivity contribution in [2.45, 2.75) is 32.3 Å². The smallest absolute Gasteiger partial charge is 0.224 e. The number of pyridine rings is 1. The summed E-state index contributed by atoms with van der Waals surface area (Å²) >= 11 is 5.75. The number of amides is 1. The molecule has 2 rings (SSSR count). The highest BCUT2D eigenvalue weighted by Crippen LogP contribution is 2.32. The van der Waals surface area contributed by atoms with Crippen LogP contribution in [0.3, 0.4) is 0 Å². The second-order valence-corrected chi connectivity index (χ2v) is 4.92. The van der Waals surface area contributed by atoms with Crippen LogP contribution in [0.15, 0.2) is 18.3 Å². The minimum Gasteiger partial charge on any atom is -0.378 e. The van der Waals surface area contributed by atoms with Gasteiger partial charge in [-0.2, -0.15) is 0 Å². The molecule has 5 heteroatoms. The minimum atomic E-state index is 0.0252. The summed E-state index contributed by atoms with van der Waals surface area (Å²) in [6, 6.07) is 3.37. The monoisotopic (exact) mass is 268 g/mol. The zero-order valence-electron chi connectivity index (χ0n) is 10.4. The molecule has 1 fully saturated rings. The van der Waals surface area contributed by atoms with E-state index in [4.69, 9.17) is 16.3 Å². The number of nitrogens with zero attached hydrogens (tertiary/aromatic N) is 1. The van der Waals surface area contributed by atoms with Gasteiger partial charge < -0.3 is 10.1 Å². The van der Waals surface area contributed by atoms with Gasteiger partial charge in [0.05, 0.1) is 6.10 Å². The molecule has 18 heavy (non-hydrogen) atoms. The van der Waals surface area contributed by atoms with Crippen LogP contribution in [0.2, 0.25) is 5.15 Å². The van der Waals surface area contributed by atoms with E-state index in [1.807, 2.05) is 6.92 Å². The summed E-state index contributed by atoms with van der Waals surface area (Å²) in [6.45, 7) is 2.74. The first-order chi connectivity index (χ1) is 8.67. The quantitative estimate of drug-likeness (QED) is 0.836. The van der Waals surface area contributed by atoms with Crippen LogP contribution < -0.4 is 5.32 Å². The zero-order chi connectivity index (χ0) is 13.0. The second kappa shape index (κ2) is 6.16. The number of carbonyl (C=O) groups excluding carboxylic acids is 1. The number of anilines is 1. The van der Waals surface area contributed by atoms with E-state index in [1.165, 1.54) is 0 Å². The van der Waals surface area contributed by atoms with E-state index in [2.05, 4.69) is 10.3 Å². The van der Waals surface area contributed by atoms with Crippen LogP contribution >= 0.6 is 11.6 Å². The fraction of sp³-hybridized carbons (Fsp3) is 0.538. The van der Waals surface area contributed by atoms with Crippen LogP contribution in [0.4, 0.5) is 5.69 Å². The average Bonchev–Trinajstić information content (AvgIpc) is 2.26. The first kappa shape index (κ1) is 13.3. The van der Waals surface area contributed by atoms with Crippen LogP contribution in [0.25, 0.3) is 0 Å². The maximum Gasteiger partial charge on any atom is 0.224 e. The Morgan fingerprint density at radius 1 is 1.61 bits per heavy atom. The fourth-order valence-electron chi connectivity index (χ4n) is 2.17. The van der Waals surface area contributed by atoms with Gasteiger partial charge in [0.15, 0.2) is 0 Å². The van der Waals surface area contributed by atoms with E-state index in [0.29, 0.717) is 29.3 Å². The molecule has 0 saturated heterocycles. The molecule has 1 aromatic heterocycles. The molecule has 98 valence electrons. The van der Waals surface area contributed by atoms with Gasteiger partial charge in [-0.15, -0.1) is 0 Å². The van der Waals surface area contributed by atoms with E-state index in [1.54, 1.807) is 18.3 Å². The first-order valence-electron chi connectivity index (χ1n) is 6.20. The Morgan fingerprint density at radius 3 is 3.06 bits per heavy atom. The number of halogens is 1. The summed E-state index contributed by atoms with van der Waals surface area (Å²) in [6.07, 6.45) is 4.44. The van der Waals surface area contributed by atoms with Gasteiger partial charge in [-0.1, -0.05) is 11.6 Å². The molecular weight excluding hydrogens is 252 g/mol. The number of carbonyl (C=O) groups is 1. The highest BCUT2D eigenvalue weighted by molar-refractivity contribution is 6.29. The van der Waals surface area contributed by atoms with Crippen molar-refractivity contribution in [1.82, 2.24) is 4.98 Å². The average molecular weight is 269 g/mol. The Kier molecular flexibility index (Phi) is 4.55. The predicted molar refractivity (Wildman–Crippen MR) is 70.6 cm³/mol. The van der Waals surface area contributed by atoms with Crippen LogP contribution in [0.1, 0.15) is 26.2 Å². The van der Waals surface area contributed by atoms with Crippen molar-refractivity contribution in [2.75, 3.05) is 11.9 Å². The topological polar surface area (TPSA) is 51.2 Å². The van der Waals surface area contributed by atoms with Gasteiger partial charge in [0.2, 0.25) is 5.91 Å². The Hall–Kier alpha value is -1.13. The lowest BCUT2D eigenvalue weighted by atomic mass is 9.80. The summed E-state index contributed by atoms with van der Waals surface area (Å²) in [5.41, 5.74) is 0.695. The molecule has 1 amide bonds. The van der Waals surface area contributed by atoms with Crippen molar-refractivity contribution in [2.24, 2.45) is 5.92 Å². The lowest BCUT2D eigenvalue weighted by Gasteiger charge is -2.34. The van der Waals surface area contributed by atoms with Crippen LogP contribution in [0.5, 0.6) is 0 Å². The maximum absolute atomic E-state index is 11.8. The van der Waals surface area contributed by atoms with Crippen LogP contribution in [-0.2, 0) is 9.53 Å². The molecule has 0 bridgehead atoms. The zero-order valence-corrected chi connectivity index (χ0v) is 11.1. The first-order valence-corrected chi connectivity index (χ1v) is 6.58. The molecule has 0 radical (unpaired) electrons. The molecule has 1 aromatic rings.